The third kappa shape index (κ3) is 2.43. The van der Waals surface area contributed by atoms with Gasteiger partial charge in [0.2, 0.25) is 5.91 Å². The number of rotatable bonds is 2. The summed E-state index contributed by atoms with van der Waals surface area (Å²) in [5, 5.41) is 0.702. The van der Waals surface area contributed by atoms with Crippen LogP contribution in [0, 0.1) is 0 Å². The van der Waals surface area contributed by atoms with E-state index in [0.717, 1.165) is 24.9 Å². The highest BCUT2D eigenvalue weighted by Gasteiger charge is 2.44. The van der Waals surface area contributed by atoms with Gasteiger partial charge < -0.3 is 15.4 Å². The van der Waals surface area contributed by atoms with Crippen LogP contribution in [0.5, 0.6) is 0 Å². The summed E-state index contributed by atoms with van der Waals surface area (Å²) in [6.45, 7) is 1.65. The molecule has 0 radical (unpaired) electrons. The molecule has 2 atom stereocenters. The van der Waals surface area contributed by atoms with Crippen LogP contribution < -0.4 is 5.73 Å². The van der Waals surface area contributed by atoms with Crippen LogP contribution in [0.4, 0.5) is 0 Å². The van der Waals surface area contributed by atoms with E-state index in [-0.39, 0.29) is 11.9 Å². The van der Waals surface area contributed by atoms with Crippen LogP contribution in [0.25, 0.3) is 0 Å². The number of ether oxygens (including phenoxy) is 1. The van der Waals surface area contributed by atoms with Crippen molar-refractivity contribution in [1.29, 1.82) is 0 Å². The van der Waals surface area contributed by atoms with Gasteiger partial charge in [0, 0.05) is 18.2 Å². The molecule has 2 N–H and O–H groups in total. The largest absolute Gasteiger partial charge is 0.379 e. The van der Waals surface area contributed by atoms with Gasteiger partial charge in [-0.2, -0.15) is 0 Å². The molecule has 1 amide bonds. The van der Waals surface area contributed by atoms with Crippen molar-refractivity contribution in [3.63, 3.8) is 0 Å². The maximum atomic E-state index is 12.7. The zero-order valence-electron chi connectivity index (χ0n) is 11.3. The Morgan fingerprint density at radius 2 is 2.35 bits per heavy atom. The normalized spacial score (nSPS) is 29.9. The molecule has 0 aliphatic carbocycles. The SMILES string of the molecule is NC1(C(=O)N2CCCC2c2cccc(Cl)c2)CCOC1. The van der Waals surface area contributed by atoms with Crippen LogP contribution in [0.15, 0.2) is 24.3 Å². The third-order valence-electron chi connectivity index (χ3n) is 4.23. The smallest absolute Gasteiger partial charge is 0.245 e. The standard InChI is InChI=1S/C15H19ClN2O2/c16-12-4-1-3-11(9-12)13-5-2-7-18(13)14(19)15(17)6-8-20-10-15/h1,3-4,9,13H,2,5-8,10,17H2. The lowest BCUT2D eigenvalue weighted by Gasteiger charge is -2.32. The molecule has 4 nitrogen and oxygen atoms in total. The van der Waals surface area contributed by atoms with Crippen molar-refractivity contribution < 1.29 is 9.53 Å². The van der Waals surface area contributed by atoms with Crippen LogP contribution in [-0.2, 0) is 9.53 Å². The van der Waals surface area contributed by atoms with Gasteiger partial charge in [0.25, 0.3) is 0 Å². The van der Waals surface area contributed by atoms with Crippen molar-refractivity contribution in [2.75, 3.05) is 19.8 Å². The van der Waals surface area contributed by atoms with Gasteiger partial charge in [-0.3, -0.25) is 4.79 Å². The van der Waals surface area contributed by atoms with E-state index >= 15 is 0 Å². The summed E-state index contributed by atoms with van der Waals surface area (Å²) in [5.41, 5.74) is 6.45. The molecule has 2 heterocycles. The topological polar surface area (TPSA) is 55.6 Å². The Balaban J connectivity index is 1.84. The molecule has 1 aromatic carbocycles. The number of amides is 1. The van der Waals surface area contributed by atoms with Crippen LogP contribution in [0.2, 0.25) is 5.02 Å². The molecule has 2 saturated heterocycles. The summed E-state index contributed by atoms with van der Waals surface area (Å²) in [6.07, 6.45) is 2.56. The second-order valence-electron chi connectivity index (χ2n) is 5.67. The molecular formula is C15H19ClN2O2. The Bertz CT molecular complexity index is 514. The zero-order valence-corrected chi connectivity index (χ0v) is 12.1. The van der Waals surface area contributed by atoms with Gasteiger partial charge in [0.15, 0.2) is 0 Å². The Labute approximate surface area is 123 Å². The predicted octanol–water partition coefficient (Wildman–Crippen LogP) is 2.12. The van der Waals surface area contributed by atoms with Crippen molar-refractivity contribution in [2.24, 2.45) is 5.73 Å². The summed E-state index contributed by atoms with van der Waals surface area (Å²) < 4.78 is 5.31. The first-order valence-electron chi connectivity index (χ1n) is 7.03. The molecule has 20 heavy (non-hydrogen) atoms. The van der Waals surface area contributed by atoms with Crippen molar-refractivity contribution in [3.8, 4) is 0 Å². The number of nitrogens with zero attached hydrogens (tertiary/aromatic N) is 1. The highest BCUT2D eigenvalue weighted by Crippen LogP contribution is 2.35. The van der Waals surface area contributed by atoms with Crippen molar-refractivity contribution in [3.05, 3.63) is 34.9 Å². The van der Waals surface area contributed by atoms with Gasteiger partial charge in [-0.1, -0.05) is 23.7 Å². The highest BCUT2D eigenvalue weighted by molar-refractivity contribution is 6.30. The summed E-state index contributed by atoms with van der Waals surface area (Å²) in [7, 11) is 0. The molecule has 0 saturated carbocycles. The number of likely N-dealkylation sites (tertiary alicyclic amines) is 1. The average molecular weight is 295 g/mol. The fourth-order valence-electron chi connectivity index (χ4n) is 3.11. The monoisotopic (exact) mass is 294 g/mol. The number of nitrogens with two attached hydrogens (primary N) is 1. The lowest BCUT2D eigenvalue weighted by atomic mass is 9.96. The van der Waals surface area contributed by atoms with Gasteiger partial charge >= 0.3 is 0 Å². The second-order valence-corrected chi connectivity index (χ2v) is 6.11. The van der Waals surface area contributed by atoms with Crippen LogP contribution >= 0.6 is 11.6 Å². The van der Waals surface area contributed by atoms with E-state index in [0.29, 0.717) is 24.7 Å². The minimum atomic E-state index is -0.846. The number of benzene rings is 1. The summed E-state index contributed by atoms with van der Waals surface area (Å²) in [4.78, 5) is 14.6. The Kier molecular flexibility index (Phi) is 3.71. The fourth-order valence-corrected chi connectivity index (χ4v) is 3.30. The molecular weight excluding hydrogens is 276 g/mol. The number of hydrogen-bond donors (Lipinski definition) is 1. The third-order valence-corrected chi connectivity index (χ3v) is 4.46. The zero-order chi connectivity index (χ0) is 14.2. The second kappa shape index (κ2) is 5.35. The van der Waals surface area contributed by atoms with Gasteiger partial charge in [0.05, 0.1) is 12.6 Å². The van der Waals surface area contributed by atoms with Crippen molar-refractivity contribution in [1.82, 2.24) is 4.90 Å². The Morgan fingerprint density at radius 3 is 3.05 bits per heavy atom. The molecule has 2 aliphatic rings. The van der Waals surface area contributed by atoms with E-state index in [9.17, 15) is 4.79 Å². The lowest BCUT2D eigenvalue weighted by molar-refractivity contribution is -0.138. The fraction of sp³-hybridized carbons (Fsp3) is 0.533. The molecule has 2 fully saturated rings. The van der Waals surface area contributed by atoms with Crippen molar-refractivity contribution >= 4 is 17.5 Å². The number of carbonyl (C=O) groups excluding carboxylic acids is 1. The Hall–Kier alpha value is -1.10. The summed E-state index contributed by atoms with van der Waals surface area (Å²) in [6, 6.07) is 7.82. The van der Waals surface area contributed by atoms with E-state index < -0.39 is 5.54 Å². The quantitative estimate of drug-likeness (QED) is 0.909. The number of hydrogen-bond acceptors (Lipinski definition) is 3. The molecule has 0 bridgehead atoms. The van der Waals surface area contributed by atoms with E-state index in [1.54, 1.807) is 0 Å². The molecule has 2 aliphatic heterocycles. The van der Waals surface area contributed by atoms with Crippen LogP contribution in [-0.4, -0.2) is 36.1 Å². The van der Waals surface area contributed by atoms with Crippen molar-refractivity contribution in [2.45, 2.75) is 30.8 Å². The van der Waals surface area contributed by atoms with E-state index in [1.165, 1.54) is 0 Å². The molecule has 0 aromatic heterocycles. The minimum absolute atomic E-state index is 0.0116. The van der Waals surface area contributed by atoms with Crippen LogP contribution in [0.1, 0.15) is 30.9 Å². The summed E-state index contributed by atoms with van der Waals surface area (Å²) >= 11 is 6.06. The average Bonchev–Trinajstić information content (AvgIpc) is 3.07. The van der Waals surface area contributed by atoms with E-state index in [2.05, 4.69) is 0 Å². The molecule has 108 valence electrons. The molecule has 2 unspecified atom stereocenters. The van der Waals surface area contributed by atoms with Crippen LogP contribution in [0.3, 0.4) is 0 Å². The Morgan fingerprint density at radius 1 is 1.50 bits per heavy atom. The molecule has 5 heteroatoms. The predicted molar refractivity (Wildman–Crippen MR) is 77.5 cm³/mol. The highest BCUT2D eigenvalue weighted by atomic mass is 35.5. The minimum Gasteiger partial charge on any atom is -0.379 e. The first-order chi connectivity index (χ1) is 9.60. The molecule has 0 spiro atoms. The number of carbonyl (C=O) groups is 1. The first kappa shape index (κ1) is 13.9. The molecule has 3 rings (SSSR count). The van der Waals surface area contributed by atoms with E-state index in [4.69, 9.17) is 22.1 Å². The first-order valence-corrected chi connectivity index (χ1v) is 7.41. The molecule has 1 aromatic rings. The lowest BCUT2D eigenvalue weighted by Crippen LogP contribution is -2.55. The number of halogens is 1. The maximum absolute atomic E-state index is 12.7. The van der Waals surface area contributed by atoms with Gasteiger partial charge in [-0.15, -0.1) is 0 Å². The van der Waals surface area contributed by atoms with Gasteiger partial charge in [0.1, 0.15) is 5.54 Å². The van der Waals surface area contributed by atoms with Gasteiger partial charge in [-0.25, -0.2) is 0 Å². The van der Waals surface area contributed by atoms with Gasteiger partial charge in [-0.05, 0) is 37.0 Å². The summed E-state index contributed by atoms with van der Waals surface area (Å²) in [5.74, 6) is 0.0116. The maximum Gasteiger partial charge on any atom is 0.245 e. The van der Waals surface area contributed by atoms with E-state index in [1.807, 2.05) is 29.2 Å².